The highest BCUT2D eigenvalue weighted by atomic mass is 35.5. The van der Waals surface area contributed by atoms with Gasteiger partial charge in [-0.3, -0.25) is 29.5 Å². The van der Waals surface area contributed by atoms with Crippen molar-refractivity contribution in [3.63, 3.8) is 0 Å². The number of H-pyrrole nitrogens is 1. The van der Waals surface area contributed by atoms with Crippen LogP contribution >= 0.6 is 107 Å². The number of fused-ring (bicyclic) bond motifs is 6. The lowest BCUT2D eigenvalue weighted by Crippen LogP contribution is -2.46. The summed E-state index contributed by atoms with van der Waals surface area (Å²) in [4.78, 5) is 82.5. The van der Waals surface area contributed by atoms with Gasteiger partial charge in [0.05, 0.1) is 57.9 Å². The highest BCUT2D eigenvalue weighted by Gasteiger charge is 2.49. The number of nitrogens with one attached hydrogen (secondary N) is 5. The van der Waals surface area contributed by atoms with Crippen molar-refractivity contribution in [3.05, 3.63) is 206 Å². The lowest BCUT2D eigenvalue weighted by Gasteiger charge is -2.42. The molecule has 5 aliphatic heterocycles. The smallest absolute Gasteiger partial charge is 0.342 e. The number of carbonyl (C=O) groups excluding carboxylic acids is 2. The van der Waals surface area contributed by atoms with Crippen LogP contribution in [0.3, 0.4) is 0 Å². The number of anilines is 3. The van der Waals surface area contributed by atoms with E-state index in [2.05, 4.69) is 143 Å². The highest BCUT2D eigenvalue weighted by Crippen LogP contribution is 2.54. The Morgan fingerprint density at radius 2 is 0.967 bits per heavy atom. The number of amides is 2. The third kappa shape index (κ3) is 21.4. The van der Waals surface area contributed by atoms with Gasteiger partial charge in [0, 0.05) is 69.9 Å². The van der Waals surface area contributed by atoms with Gasteiger partial charge in [0.1, 0.15) is 25.3 Å². The van der Waals surface area contributed by atoms with Gasteiger partial charge in [-0.25, -0.2) is 53.8 Å². The Balaban J connectivity index is 0.000000135. The molecule has 18 rings (SSSR count). The molecule has 14 heterocycles. The van der Waals surface area contributed by atoms with E-state index in [9.17, 15) is 66.5 Å². The zero-order valence-corrected chi connectivity index (χ0v) is 72.2. The number of benzene rings is 2. The Kier molecular flexibility index (Phi) is 28.0. The van der Waals surface area contributed by atoms with Crippen LogP contribution in [0.4, 0.5) is 76.1 Å². The fraction of sp³-hybridized carbons (Fsp3) is 0.325. The van der Waals surface area contributed by atoms with E-state index >= 15 is 0 Å². The second-order valence-corrected chi connectivity index (χ2v) is 37.0. The van der Waals surface area contributed by atoms with Gasteiger partial charge >= 0.3 is 24.7 Å². The standard InChI is InChI=1S/C24H21ClF3N7S.C17H26N2OS.C12H5Cl2F3N4S.C12H6ClF3N4OS.C12H7F3N4OS.H2S/c25-18-21(36-15-6-3-9-30-17(15)24(26,27)28)32-20-19(31-18)33-22(34-20)35-10-7-23(8-11-35)12-13-4-1-2-5-14(13)16(23)29;1-16(2,3)21(20)19-15-14-7-5-4-6-13(14)12-17(15)8-10-18-11-9-17;13-7-4-5-10(20-7)21-9(14)11(19-5)22-6-2-1-3-18-8(6)12(15,16)17;13-9-11(18-5-4-7(21)19-10(5)20-9)22-6-2-1-3-17-8(6)12(14,15)16;13-12(14,15)10-7(2-1-3-16-10)21-9-5-17-11-6(18-9)4-8(20)19-11;/h1-6,9,16H,7-8,10-12,29H2,(H,31,32,33,34);4-7,15,18-19H,8-12H2,1-3H3;1-3H,4H2;1-3H,4H2,(H,19,20,21);1-3,5H,4H2,(H,17,19,20);1H2/t16-;15-,21?;;;;/m11..../s1. The SMILES string of the molecule is CC(C)(C)S(=O)N[C@@H]1c2ccccc2CC12CCNCC2.FC(F)(F)c1ncccc1Sc1nc2c(nc1Cl)N=C(Cl)C2.N[C@@H]1c2ccccc2CC12CCN(c1nc3nc(Sc4cccnc4C(F)(F)F)c(Cl)nc3[nH]1)CC2.O=C1Cc2nc(Sc3cccnc3C(F)(F)F)c(Cl)nc2N1.O=C1Cc2nc(Sc3cccnc3C(F)(F)F)cnc2N1.S. The molecule has 9 aromatic heterocycles. The van der Waals surface area contributed by atoms with Crippen LogP contribution in [0.25, 0.3) is 11.3 Å². The molecule has 11 aromatic rings. The van der Waals surface area contributed by atoms with Crippen LogP contribution < -0.4 is 31.3 Å². The van der Waals surface area contributed by atoms with Gasteiger partial charge in [0.25, 0.3) is 0 Å². The van der Waals surface area contributed by atoms with Gasteiger partial charge in [0.15, 0.2) is 67.0 Å². The average molecular weight is 1900 g/mol. The van der Waals surface area contributed by atoms with E-state index in [4.69, 9.17) is 52.1 Å². The van der Waals surface area contributed by atoms with Crippen molar-refractivity contribution in [2.75, 3.05) is 41.7 Å². The Morgan fingerprint density at radius 1 is 0.512 bits per heavy atom. The number of imidazole rings is 1. The number of halogens is 16. The summed E-state index contributed by atoms with van der Waals surface area (Å²) in [6, 6.07) is 28.2. The van der Waals surface area contributed by atoms with Gasteiger partial charge in [0.2, 0.25) is 17.8 Å². The maximum Gasteiger partial charge on any atom is 0.434 e. The predicted octanol–water partition coefficient (Wildman–Crippen LogP) is 18.5. The van der Waals surface area contributed by atoms with Crippen LogP contribution in [0, 0.1) is 10.8 Å². The summed E-state index contributed by atoms with van der Waals surface area (Å²) in [6.07, 6.45) is -6.00. The number of nitrogens with zero attached hydrogens (tertiary/aromatic N) is 15. The number of piperidine rings is 2. The molecule has 2 aromatic carbocycles. The maximum atomic E-state index is 13.3. The fourth-order valence-corrected chi connectivity index (χ4v) is 19.8. The Labute approximate surface area is 739 Å². The van der Waals surface area contributed by atoms with Crippen LogP contribution in [0.15, 0.2) is 173 Å². The Hall–Kier alpha value is -8.66. The van der Waals surface area contributed by atoms with Crippen molar-refractivity contribution >= 4 is 170 Å². The molecule has 7 N–H and O–H groups in total. The number of aliphatic imine (C=N–C) groups is 1. The molecule has 3 atom stereocenters. The van der Waals surface area contributed by atoms with Gasteiger partial charge in [-0.15, -0.1) is 0 Å². The molecule has 0 radical (unpaired) electrons. The molecule has 2 aliphatic carbocycles. The molecule has 646 valence electrons. The molecule has 2 amide bonds. The zero-order chi connectivity index (χ0) is 87.0. The normalized spacial score (nSPS) is 17.4. The number of pyridine rings is 4. The lowest BCUT2D eigenvalue weighted by atomic mass is 9.73. The summed E-state index contributed by atoms with van der Waals surface area (Å²) in [6.45, 7) is 9.76. The fourth-order valence-electron chi connectivity index (χ4n) is 14.3. The van der Waals surface area contributed by atoms with Crippen LogP contribution in [0.5, 0.6) is 0 Å². The Bertz CT molecular complexity index is 5870. The molecule has 46 heteroatoms. The first-order valence-electron chi connectivity index (χ1n) is 36.9. The number of rotatable bonds is 11. The van der Waals surface area contributed by atoms with E-state index in [-0.39, 0.29) is 133 Å². The monoisotopic (exact) mass is 1890 g/mol. The molecular formula is C77H67Cl4F12N21O3S6. The number of nitrogens with two attached hydrogens (primary N) is 1. The molecule has 2 saturated heterocycles. The maximum absolute atomic E-state index is 13.3. The topological polar surface area (TPSA) is 324 Å². The van der Waals surface area contributed by atoms with Gasteiger partial charge in [-0.05, 0) is 154 Å². The number of hydrogen-bond donors (Lipinski definition) is 6. The first-order chi connectivity index (χ1) is 57.8. The second-order valence-electron chi connectivity index (χ2n) is 29.3. The third-order valence-corrected chi connectivity index (χ3v) is 27.0. The van der Waals surface area contributed by atoms with Crippen molar-refractivity contribution in [2.45, 2.75) is 160 Å². The number of hydrogen-bond acceptors (Lipinski definition) is 24. The minimum atomic E-state index is -4.60. The van der Waals surface area contributed by atoms with Crippen LogP contribution in [-0.2, 0) is 77.4 Å². The third-order valence-electron chi connectivity index (χ3n) is 20.1. The molecule has 2 spiro atoms. The number of carbonyl (C=O) groups is 2. The first kappa shape index (κ1) is 92.0. The van der Waals surface area contributed by atoms with Crippen molar-refractivity contribution in [3.8, 4) is 0 Å². The van der Waals surface area contributed by atoms with E-state index in [1.807, 2.05) is 26.8 Å². The molecule has 1 unspecified atom stereocenters. The summed E-state index contributed by atoms with van der Waals surface area (Å²) in [5.74, 6) is 0.976. The van der Waals surface area contributed by atoms with E-state index < -0.39 is 58.5 Å². The molecule has 123 heavy (non-hydrogen) atoms. The number of aromatic amines is 1. The summed E-state index contributed by atoms with van der Waals surface area (Å²) < 4.78 is 172. The van der Waals surface area contributed by atoms with Crippen molar-refractivity contribution in [2.24, 2.45) is 21.6 Å². The van der Waals surface area contributed by atoms with E-state index in [1.165, 1.54) is 77.0 Å². The summed E-state index contributed by atoms with van der Waals surface area (Å²) in [7, 11) is -1.03. The molecule has 0 bridgehead atoms. The minimum Gasteiger partial charge on any atom is -0.342 e. The molecule has 0 saturated carbocycles. The van der Waals surface area contributed by atoms with Crippen LogP contribution in [0.1, 0.15) is 121 Å². The van der Waals surface area contributed by atoms with Gasteiger partial charge in [-0.1, -0.05) is 142 Å². The molecule has 7 aliphatic rings. The largest absolute Gasteiger partial charge is 0.434 e. The minimum absolute atomic E-state index is 0. The van der Waals surface area contributed by atoms with Gasteiger partial charge < -0.3 is 31.6 Å². The molecule has 2 fully saturated rings. The van der Waals surface area contributed by atoms with Crippen molar-refractivity contribution in [1.82, 2.24) is 79.8 Å². The van der Waals surface area contributed by atoms with Crippen molar-refractivity contribution < 1.29 is 66.5 Å². The molecular weight excluding hydrogens is 1830 g/mol. The van der Waals surface area contributed by atoms with Crippen LogP contribution in [0.2, 0.25) is 15.5 Å². The summed E-state index contributed by atoms with van der Waals surface area (Å²) in [5.41, 5.74) is 10.3. The quantitative estimate of drug-likeness (QED) is 0.0655. The zero-order valence-electron chi connectivity index (χ0n) is 64.1. The van der Waals surface area contributed by atoms with Crippen molar-refractivity contribution in [1.29, 1.82) is 0 Å². The van der Waals surface area contributed by atoms with Crippen LogP contribution in [-0.4, -0.2) is 122 Å². The molecule has 24 nitrogen and oxygen atoms in total. The van der Waals surface area contributed by atoms with Gasteiger partial charge in [-0.2, -0.15) is 71.2 Å². The van der Waals surface area contributed by atoms with E-state index in [1.54, 1.807) is 0 Å². The summed E-state index contributed by atoms with van der Waals surface area (Å²) >= 11 is 27.0. The Morgan fingerprint density at radius 3 is 1.49 bits per heavy atom. The first-order valence-corrected chi connectivity index (χ1v) is 42.8. The van der Waals surface area contributed by atoms with E-state index in [0.29, 0.717) is 62.9 Å². The lowest BCUT2D eigenvalue weighted by molar-refractivity contribution is -0.144. The predicted molar refractivity (Wildman–Crippen MR) is 447 cm³/mol. The average Bonchev–Trinajstić information content (AvgIpc) is 1.60. The van der Waals surface area contributed by atoms with E-state index in [0.717, 1.165) is 125 Å². The highest BCUT2D eigenvalue weighted by molar-refractivity contribution is 8.00. The second kappa shape index (κ2) is 37.5. The number of aromatic nitrogens is 14. The number of alkyl halides is 12. The summed E-state index contributed by atoms with van der Waals surface area (Å²) in [5, 5.41) is 9.29.